The highest BCUT2D eigenvalue weighted by atomic mass is 15.3. The molecule has 1 aromatic heterocycles. The van der Waals surface area contributed by atoms with Crippen molar-refractivity contribution in [2.24, 2.45) is 0 Å². The number of fused-ring (bicyclic) bond motifs is 6. The van der Waals surface area contributed by atoms with Crippen LogP contribution in [0.15, 0.2) is 54.6 Å². The maximum Gasteiger partial charge on any atom is 0.0486 e. The molecule has 0 N–H and O–H groups in total. The normalized spacial score (nSPS) is 24.8. The Bertz CT molecular complexity index is 996. The van der Waals surface area contributed by atoms with Crippen molar-refractivity contribution in [1.82, 2.24) is 9.47 Å². The van der Waals surface area contributed by atoms with E-state index in [1.165, 1.54) is 67.8 Å². The third kappa shape index (κ3) is 2.95. The number of benzene rings is 2. The summed E-state index contributed by atoms with van der Waals surface area (Å²) in [6.45, 7) is 1.10. The van der Waals surface area contributed by atoms with E-state index in [4.69, 9.17) is 0 Å². The zero-order valence-electron chi connectivity index (χ0n) is 17.4. The SMILES string of the molecule is c1ccc(CCn2c3c(c4ccccc42)C2CCC(C3)N2C2CCCCC2)cc1. The molecule has 2 aliphatic heterocycles. The van der Waals surface area contributed by atoms with Crippen molar-refractivity contribution in [3.8, 4) is 0 Å². The van der Waals surface area contributed by atoms with Gasteiger partial charge in [0.2, 0.25) is 0 Å². The molecule has 3 aromatic rings. The van der Waals surface area contributed by atoms with Crippen molar-refractivity contribution in [1.29, 1.82) is 0 Å². The fraction of sp³-hybridized carbons (Fsp3) is 0.481. The highest BCUT2D eigenvalue weighted by molar-refractivity contribution is 5.86. The molecule has 1 saturated heterocycles. The Balaban J connectivity index is 1.40. The summed E-state index contributed by atoms with van der Waals surface area (Å²) >= 11 is 0. The second kappa shape index (κ2) is 7.32. The van der Waals surface area contributed by atoms with Crippen molar-refractivity contribution >= 4 is 10.9 Å². The van der Waals surface area contributed by atoms with Crippen molar-refractivity contribution in [3.63, 3.8) is 0 Å². The van der Waals surface area contributed by atoms with E-state index >= 15 is 0 Å². The second-order valence-corrected chi connectivity index (χ2v) is 9.45. The van der Waals surface area contributed by atoms with Gasteiger partial charge in [-0.05, 0) is 49.3 Å². The monoisotopic (exact) mass is 384 g/mol. The Labute approximate surface area is 174 Å². The van der Waals surface area contributed by atoms with E-state index in [9.17, 15) is 0 Å². The lowest BCUT2D eigenvalue weighted by Crippen LogP contribution is -2.45. The number of hydrogen-bond acceptors (Lipinski definition) is 1. The van der Waals surface area contributed by atoms with Crippen LogP contribution in [-0.4, -0.2) is 21.6 Å². The van der Waals surface area contributed by atoms with Crippen molar-refractivity contribution in [2.45, 2.75) is 82.5 Å². The van der Waals surface area contributed by atoms with Crippen molar-refractivity contribution in [3.05, 3.63) is 71.4 Å². The Morgan fingerprint density at radius 3 is 2.41 bits per heavy atom. The fourth-order valence-electron chi connectivity index (χ4n) is 6.67. The lowest BCUT2D eigenvalue weighted by atomic mass is 9.89. The number of aryl methyl sites for hydroxylation is 2. The van der Waals surface area contributed by atoms with E-state index in [2.05, 4.69) is 64.1 Å². The average molecular weight is 385 g/mol. The lowest BCUT2D eigenvalue weighted by Gasteiger charge is -2.43. The van der Waals surface area contributed by atoms with Crippen LogP contribution in [0.3, 0.4) is 0 Å². The predicted octanol–water partition coefficient (Wildman–Crippen LogP) is 6.28. The molecular formula is C27H32N2. The van der Waals surface area contributed by atoms with E-state index in [1.807, 2.05) is 0 Å². The average Bonchev–Trinajstić information content (AvgIpc) is 3.27. The summed E-state index contributed by atoms with van der Waals surface area (Å²) < 4.78 is 2.68. The third-order valence-electron chi connectivity index (χ3n) is 7.90. The number of para-hydroxylation sites is 1. The smallest absolute Gasteiger partial charge is 0.0486 e. The van der Waals surface area contributed by atoms with E-state index < -0.39 is 0 Å². The molecule has 2 nitrogen and oxygen atoms in total. The maximum atomic E-state index is 2.98. The van der Waals surface area contributed by atoms with Gasteiger partial charge >= 0.3 is 0 Å². The summed E-state index contributed by atoms with van der Waals surface area (Å²) in [6.07, 6.45) is 12.3. The number of rotatable bonds is 4. The van der Waals surface area contributed by atoms with Crippen LogP contribution >= 0.6 is 0 Å². The minimum atomic E-state index is 0.662. The maximum absolute atomic E-state index is 2.98. The van der Waals surface area contributed by atoms with Gasteiger partial charge in [-0.1, -0.05) is 67.8 Å². The van der Waals surface area contributed by atoms with Gasteiger partial charge in [-0.15, -0.1) is 0 Å². The minimum Gasteiger partial charge on any atom is -0.344 e. The van der Waals surface area contributed by atoms with Gasteiger partial charge in [0.05, 0.1) is 0 Å². The number of aromatic nitrogens is 1. The molecule has 0 spiro atoms. The molecule has 1 aliphatic carbocycles. The quantitative estimate of drug-likeness (QED) is 0.514. The molecule has 2 atom stereocenters. The summed E-state index contributed by atoms with van der Waals surface area (Å²) in [5, 5.41) is 1.53. The van der Waals surface area contributed by atoms with Crippen LogP contribution in [0.2, 0.25) is 0 Å². The van der Waals surface area contributed by atoms with Gasteiger partial charge in [-0.3, -0.25) is 4.90 Å². The summed E-state index contributed by atoms with van der Waals surface area (Å²) in [5.41, 5.74) is 6.25. The Kier molecular flexibility index (Phi) is 4.49. The lowest BCUT2D eigenvalue weighted by molar-refractivity contribution is 0.0875. The first-order valence-electron chi connectivity index (χ1n) is 11.8. The first kappa shape index (κ1) is 17.8. The Hall–Kier alpha value is -2.06. The summed E-state index contributed by atoms with van der Waals surface area (Å²) in [6, 6.07) is 22.5. The Morgan fingerprint density at radius 1 is 0.759 bits per heavy atom. The van der Waals surface area contributed by atoms with Gasteiger partial charge in [-0.25, -0.2) is 0 Å². The van der Waals surface area contributed by atoms with E-state index in [0.29, 0.717) is 6.04 Å². The van der Waals surface area contributed by atoms with Crippen LogP contribution in [0.25, 0.3) is 10.9 Å². The molecule has 2 unspecified atom stereocenters. The molecule has 3 aliphatic rings. The molecule has 2 heteroatoms. The second-order valence-electron chi connectivity index (χ2n) is 9.45. The molecule has 150 valence electrons. The van der Waals surface area contributed by atoms with Crippen LogP contribution in [0.1, 0.15) is 67.8 Å². The predicted molar refractivity (Wildman–Crippen MR) is 120 cm³/mol. The van der Waals surface area contributed by atoms with Crippen molar-refractivity contribution < 1.29 is 0 Å². The van der Waals surface area contributed by atoms with Crippen LogP contribution in [-0.2, 0) is 19.4 Å². The highest BCUT2D eigenvalue weighted by Gasteiger charge is 2.45. The topological polar surface area (TPSA) is 8.17 Å². The van der Waals surface area contributed by atoms with E-state index in [-0.39, 0.29) is 0 Å². The molecule has 1 saturated carbocycles. The van der Waals surface area contributed by atoms with Gasteiger partial charge in [0.15, 0.2) is 0 Å². The van der Waals surface area contributed by atoms with Crippen LogP contribution in [0, 0.1) is 0 Å². The van der Waals surface area contributed by atoms with E-state index in [1.54, 1.807) is 11.3 Å². The molecule has 29 heavy (non-hydrogen) atoms. The largest absolute Gasteiger partial charge is 0.344 e. The number of nitrogens with zero attached hydrogens (tertiary/aromatic N) is 2. The first-order chi connectivity index (χ1) is 14.4. The van der Waals surface area contributed by atoms with Gasteiger partial charge in [0.25, 0.3) is 0 Å². The molecule has 3 heterocycles. The van der Waals surface area contributed by atoms with Crippen LogP contribution in [0.5, 0.6) is 0 Å². The summed E-state index contributed by atoms with van der Waals surface area (Å²) in [5.74, 6) is 0. The molecular weight excluding hydrogens is 352 g/mol. The zero-order valence-corrected chi connectivity index (χ0v) is 17.4. The first-order valence-corrected chi connectivity index (χ1v) is 11.8. The summed E-state index contributed by atoms with van der Waals surface area (Å²) in [7, 11) is 0. The van der Waals surface area contributed by atoms with Gasteiger partial charge < -0.3 is 4.57 Å². The molecule has 6 rings (SSSR count). The molecule has 2 bridgehead atoms. The van der Waals surface area contributed by atoms with Gasteiger partial charge in [0, 0.05) is 47.7 Å². The Morgan fingerprint density at radius 2 is 1.55 bits per heavy atom. The van der Waals surface area contributed by atoms with E-state index in [0.717, 1.165) is 25.0 Å². The molecule has 0 radical (unpaired) electrons. The number of hydrogen-bond donors (Lipinski definition) is 0. The molecule has 2 aromatic carbocycles. The summed E-state index contributed by atoms with van der Waals surface area (Å²) in [4.78, 5) is 2.98. The van der Waals surface area contributed by atoms with Gasteiger partial charge in [0.1, 0.15) is 0 Å². The van der Waals surface area contributed by atoms with Crippen molar-refractivity contribution in [2.75, 3.05) is 0 Å². The molecule has 0 amide bonds. The minimum absolute atomic E-state index is 0.662. The third-order valence-corrected chi connectivity index (χ3v) is 7.90. The van der Waals surface area contributed by atoms with Crippen LogP contribution < -0.4 is 0 Å². The van der Waals surface area contributed by atoms with Gasteiger partial charge in [-0.2, -0.15) is 0 Å². The zero-order chi connectivity index (χ0) is 19.2. The highest BCUT2D eigenvalue weighted by Crippen LogP contribution is 2.50. The fourth-order valence-corrected chi connectivity index (χ4v) is 6.67. The standard InChI is InChI=1S/C27H32N2/c1-3-9-20(10-4-1)17-18-28-24-14-8-7-13-23(24)27-25-16-15-22(19-26(27)28)29(25)21-11-5-2-6-12-21/h1,3-4,7-10,13-14,21-22,25H,2,5-6,11-12,15-19H2. The molecule has 2 fully saturated rings. The van der Waals surface area contributed by atoms with Crippen LogP contribution in [0.4, 0.5) is 0 Å².